The van der Waals surface area contributed by atoms with E-state index in [1.54, 1.807) is 13.3 Å². The Balaban J connectivity index is 1.57. The third-order valence-corrected chi connectivity index (χ3v) is 5.77. The zero-order valence-corrected chi connectivity index (χ0v) is 19.1. The number of amides is 1. The molecule has 0 aliphatic carbocycles. The highest BCUT2D eigenvalue weighted by molar-refractivity contribution is 9.10. The number of hydrogen-bond donors (Lipinski definition) is 1. The number of nitrogens with one attached hydrogen (secondary N) is 1. The van der Waals surface area contributed by atoms with E-state index in [1.165, 1.54) is 0 Å². The highest BCUT2D eigenvalue weighted by Crippen LogP contribution is 2.26. The number of aromatic nitrogens is 1. The maximum absolute atomic E-state index is 12.8. The maximum atomic E-state index is 12.8. The smallest absolute Gasteiger partial charge is 0.275 e. The predicted octanol–water partition coefficient (Wildman–Crippen LogP) is 5.78. The van der Waals surface area contributed by atoms with Gasteiger partial charge < -0.3 is 9.30 Å². The quantitative estimate of drug-likeness (QED) is 0.293. The highest BCUT2D eigenvalue weighted by atomic mass is 79.9. The molecular weight excluding hydrogens is 454 g/mol. The molecule has 0 bridgehead atoms. The number of benzene rings is 3. The van der Waals surface area contributed by atoms with Crippen LogP contribution in [0.5, 0.6) is 5.75 Å². The van der Waals surface area contributed by atoms with Gasteiger partial charge in [0, 0.05) is 27.1 Å². The number of ether oxygens (including phenoxy) is 1. The molecule has 0 atom stereocenters. The molecule has 0 radical (unpaired) electrons. The molecule has 0 spiro atoms. The number of halogens is 1. The monoisotopic (exact) mass is 475 g/mol. The van der Waals surface area contributed by atoms with Gasteiger partial charge in [-0.3, -0.25) is 4.79 Å². The average molecular weight is 476 g/mol. The molecule has 0 fully saturated rings. The third kappa shape index (κ3) is 4.25. The van der Waals surface area contributed by atoms with E-state index < -0.39 is 0 Å². The molecule has 3 aromatic carbocycles. The summed E-state index contributed by atoms with van der Waals surface area (Å²) >= 11 is 3.47. The molecular formula is C25H22BrN3O2. The first-order valence-electron chi connectivity index (χ1n) is 9.83. The molecule has 0 aliphatic heterocycles. The zero-order valence-electron chi connectivity index (χ0n) is 17.5. The minimum atomic E-state index is -0.319. The van der Waals surface area contributed by atoms with E-state index in [-0.39, 0.29) is 5.91 Å². The van der Waals surface area contributed by atoms with Crippen molar-refractivity contribution in [1.82, 2.24) is 9.99 Å². The lowest BCUT2D eigenvalue weighted by molar-refractivity contribution is 0.0952. The number of hydrogen-bond acceptors (Lipinski definition) is 3. The van der Waals surface area contributed by atoms with Crippen LogP contribution in [0, 0.1) is 13.8 Å². The van der Waals surface area contributed by atoms with Crippen LogP contribution in [0.4, 0.5) is 0 Å². The van der Waals surface area contributed by atoms with Crippen molar-refractivity contribution in [3.63, 3.8) is 0 Å². The van der Waals surface area contributed by atoms with Gasteiger partial charge in [0.05, 0.1) is 18.9 Å². The minimum Gasteiger partial charge on any atom is -0.496 e. The van der Waals surface area contributed by atoms with Crippen LogP contribution in [0.15, 0.2) is 76.3 Å². The highest BCUT2D eigenvalue weighted by Gasteiger charge is 2.14. The normalized spacial score (nSPS) is 11.2. The van der Waals surface area contributed by atoms with Gasteiger partial charge in [0.2, 0.25) is 0 Å². The Morgan fingerprint density at radius 2 is 1.71 bits per heavy atom. The number of fused-ring (bicyclic) bond motifs is 1. The minimum absolute atomic E-state index is 0.319. The summed E-state index contributed by atoms with van der Waals surface area (Å²) in [4.78, 5) is 12.8. The summed E-state index contributed by atoms with van der Waals surface area (Å²) in [6.45, 7) is 4.08. The maximum Gasteiger partial charge on any atom is 0.275 e. The molecule has 0 saturated carbocycles. The standard InChI is InChI=1S/C25H22BrN3O2/c1-16-12-20(17(2)29(16)22-10-8-21(26)9-11-22)15-27-28-25(30)23-13-18-6-4-5-7-19(18)14-24(23)31-3/h4-15H,1-3H3,(H,28,30)/b27-15+. The summed E-state index contributed by atoms with van der Waals surface area (Å²) in [6.07, 6.45) is 1.67. The van der Waals surface area contributed by atoms with Gasteiger partial charge in [-0.1, -0.05) is 40.2 Å². The summed E-state index contributed by atoms with van der Waals surface area (Å²) in [7, 11) is 1.56. The largest absolute Gasteiger partial charge is 0.496 e. The number of carbonyl (C=O) groups is 1. The molecule has 1 aromatic heterocycles. The molecule has 0 aliphatic rings. The van der Waals surface area contributed by atoms with Gasteiger partial charge in [-0.15, -0.1) is 0 Å². The Morgan fingerprint density at radius 3 is 2.39 bits per heavy atom. The number of aryl methyl sites for hydroxylation is 1. The van der Waals surface area contributed by atoms with Gasteiger partial charge in [-0.05, 0) is 67.1 Å². The number of nitrogens with zero attached hydrogens (tertiary/aromatic N) is 2. The molecule has 1 N–H and O–H groups in total. The second-order valence-electron chi connectivity index (χ2n) is 7.24. The first kappa shape index (κ1) is 20.9. The van der Waals surface area contributed by atoms with Crippen molar-refractivity contribution in [2.45, 2.75) is 13.8 Å². The van der Waals surface area contributed by atoms with Crippen molar-refractivity contribution in [1.29, 1.82) is 0 Å². The van der Waals surface area contributed by atoms with E-state index in [0.29, 0.717) is 11.3 Å². The lowest BCUT2D eigenvalue weighted by atomic mass is 10.1. The van der Waals surface area contributed by atoms with Crippen LogP contribution >= 0.6 is 15.9 Å². The fourth-order valence-corrected chi connectivity index (χ4v) is 3.96. The van der Waals surface area contributed by atoms with E-state index in [4.69, 9.17) is 4.74 Å². The topological polar surface area (TPSA) is 55.6 Å². The van der Waals surface area contributed by atoms with Crippen LogP contribution in [0.3, 0.4) is 0 Å². The zero-order chi connectivity index (χ0) is 22.0. The number of carbonyl (C=O) groups excluding carboxylic acids is 1. The van der Waals surface area contributed by atoms with Gasteiger partial charge in [0.15, 0.2) is 0 Å². The molecule has 31 heavy (non-hydrogen) atoms. The Kier molecular flexibility index (Phi) is 5.91. The lowest BCUT2D eigenvalue weighted by Crippen LogP contribution is -2.18. The second kappa shape index (κ2) is 8.78. The van der Waals surface area contributed by atoms with Crippen molar-refractivity contribution < 1.29 is 9.53 Å². The van der Waals surface area contributed by atoms with Crippen LogP contribution in [-0.4, -0.2) is 23.8 Å². The molecule has 1 heterocycles. The number of hydrazone groups is 1. The molecule has 4 rings (SSSR count). The van der Waals surface area contributed by atoms with Crippen LogP contribution in [0.2, 0.25) is 0 Å². The first-order valence-corrected chi connectivity index (χ1v) is 10.6. The van der Waals surface area contributed by atoms with Crippen LogP contribution < -0.4 is 10.2 Å². The molecule has 4 aromatic rings. The van der Waals surface area contributed by atoms with Crippen LogP contribution in [0.25, 0.3) is 16.5 Å². The van der Waals surface area contributed by atoms with E-state index in [2.05, 4.69) is 43.2 Å². The van der Waals surface area contributed by atoms with Gasteiger partial charge in [0.25, 0.3) is 5.91 Å². The molecule has 0 saturated heterocycles. The SMILES string of the molecule is COc1cc2ccccc2cc1C(=O)N/N=C/c1cc(C)n(-c2ccc(Br)cc2)c1C. The second-order valence-corrected chi connectivity index (χ2v) is 8.15. The fourth-order valence-electron chi connectivity index (χ4n) is 3.69. The lowest BCUT2D eigenvalue weighted by Gasteiger charge is -2.10. The van der Waals surface area contributed by atoms with E-state index in [0.717, 1.165) is 37.9 Å². The van der Waals surface area contributed by atoms with Crippen LogP contribution in [-0.2, 0) is 0 Å². The van der Waals surface area contributed by atoms with Crippen molar-refractivity contribution in [3.05, 3.63) is 93.7 Å². The summed E-state index contributed by atoms with van der Waals surface area (Å²) in [5.41, 5.74) is 7.21. The average Bonchev–Trinajstić information content (AvgIpc) is 3.06. The van der Waals surface area contributed by atoms with Gasteiger partial charge in [-0.2, -0.15) is 5.10 Å². The van der Waals surface area contributed by atoms with Crippen molar-refractivity contribution in [3.8, 4) is 11.4 Å². The Morgan fingerprint density at radius 1 is 1.03 bits per heavy atom. The summed E-state index contributed by atoms with van der Waals surface area (Å²) < 4.78 is 8.60. The summed E-state index contributed by atoms with van der Waals surface area (Å²) in [5, 5.41) is 6.18. The van der Waals surface area contributed by atoms with Crippen molar-refractivity contribution in [2.24, 2.45) is 5.10 Å². The first-order chi connectivity index (χ1) is 15.0. The summed E-state index contributed by atoms with van der Waals surface area (Å²) in [6, 6.07) is 21.7. The molecule has 6 heteroatoms. The van der Waals surface area contributed by atoms with E-state index in [9.17, 15) is 4.79 Å². The fraction of sp³-hybridized carbons (Fsp3) is 0.120. The molecule has 5 nitrogen and oxygen atoms in total. The number of methoxy groups -OCH3 is 1. The number of rotatable bonds is 5. The van der Waals surface area contributed by atoms with Crippen molar-refractivity contribution in [2.75, 3.05) is 7.11 Å². The molecule has 0 unspecified atom stereocenters. The molecule has 156 valence electrons. The summed E-state index contributed by atoms with van der Waals surface area (Å²) in [5.74, 6) is 0.195. The van der Waals surface area contributed by atoms with Gasteiger partial charge >= 0.3 is 0 Å². The Hall–Kier alpha value is -3.38. The Bertz CT molecular complexity index is 1290. The van der Waals surface area contributed by atoms with Crippen LogP contribution in [0.1, 0.15) is 27.3 Å². The van der Waals surface area contributed by atoms with Gasteiger partial charge in [-0.25, -0.2) is 5.43 Å². The van der Waals surface area contributed by atoms with E-state index >= 15 is 0 Å². The predicted molar refractivity (Wildman–Crippen MR) is 129 cm³/mol. The van der Waals surface area contributed by atoms with Crippen molar-refractivity contribution >= 4 is 38.8 Å². The molecule has 1 amide bonds. The van der Waals surface area contributed by atoms with E-state index in [1.807, 2.05) is 68.4 Å². The van der Waals surface area contributed by atoms with Gasteiger partial charge in [0.1, 0.15) is 5.75 Å². The third-order valence-electron chi connectivity index (χ3n) is 5.24. The Labute approximate surface area is 189 Å².